The van der Waals surface area contributed by atoms with Gasteiger partial charge in [0.15, 0.2) is 0 Å². The molecule has 0 aliphatic heterocycles. The molecule has 0 saturated carbocycles. The summed E-state index contributed by atoms with van der Waals surface area (Å²) in [5, 5.41) is 7.27. The molecular weight excluding hydrogens is 226 g/mol. The van der Waals surface area contributed by atoms with Crippen LogP contribution in [0.2, 0.25) is 0 Å². The number of pyridine rings is 1. The van der Waals surface area contributed by atoms with Crippen LogP contribution in [0.1, 0.15) is 5.56 Å². The molecule has 0 fully saturated rings. The van der Waals surface area contributed by atoms with Gasteiger partial charge < -0.3 is 11.5 Å². The summed E-state index contributed by atoms with van der Waals surface area (Å²) in [6, 6.07) is 13.6. The van der Waals surface area contributed by atoms with Crippen LogP contribution in [0.15, 0.2) is 58.9 Å². The second kappa shape index (κ2) is 5.58. The van der Waals surface area contributed by atoms with Crippen LogP contribution in [0.5, 0.6) is 0 Å². The van der Waals surface area contributed by atoms with Crippen molar-refractivity contribution in [3.63, 3.8) is 0 Å². The highest BCUT2D eigenvalue weighted by Crippen LogP contribution is 2.16. The molecule has 0 saturated heterocycles. The molecule has 5 heteroatoms. The molecule has 2 rings (SSSR count). The lowest BCUT2D eigenvalue weighted by atomic mass is 10.1. The van der Waals surface area contributed by atoms with Crippen LogP contribution in [0.3, 0.4) is 0 Å². The Hall–Kier alpha value is -2.69. The Balaban J connectivity index is 2.16. The van der Waals surface area contributed by atoms with Crippen LogP contribution >= 0.6 is 0 Å². The molecule has 5 nitrogen and oxygen atoms in total. The average Bonchev–Trinajstić information content (AvgIpc) is 2.40. The lowest BCUT2D eigenvalue weighted by Gasteiger charge is -2.00. The lowest BCUT2D eigenvalue weighted by Crippen LogP contribution is -2.21. The molecule has 0 atom stereocenters. The minimum absolute atomic E-state index is 0.0589. The summed E-state index contributed by atoms with van der Waals surface area (Å²) >= 11 is 0. The molecule has 0 amide bonds. The highest BCUT2D eigenvalue weighted by molar-refractivity contribution is 5.82. The van der Waals surface area contributed by atoms with E-state index >= 15 is 0 Å². The van der Waals surface area contributed by atoms with Crippen molar-refractivity contribution in [1.82, 2.24) is 4.98 Å². The van der Waals surface area contributed by atoms with Crippen LogP contribution in [-0.2, 0) is 0 Å². The summed E-state index contributed by atoms with van der Waals surface area (Å²) < 4.78 is 0. The number of hydrogen-bond acceptors (Lipinski definition) is 3. The predicted molar refractivity (Wildman–Crippen MR) is 73.1 cm³/mol. The van der Waals surface area contributed by atoms with Gasteiger partial charge in [-0.25, -0.2) is 0 Å². The van der Waals surface area contributed by atoms with E-state index in [1.165, 1.54) is 0 Å². The summed E-state index contributed by atoms with van der Waals surface area (Å²) in [5.41, 5.74) is 13.2. The SMILES string of the molecule is NC(N)=NN=Cc1ccc(-c2ccccn2)cc1. The van der Waals surface area contributed by atoms with Gasteiger partial charge in [-0.1, -0.05) is 30.3 Å². The Morgan fingerprint density at radius 2 is 1.83 bits per heavy atom. The largest absolute Gasteiger partial charge is 0.369 e. The number of guanidine groups is 1. The smallest absolute Gasteiger partial charge is 0.211 e. The number of rotatable bonds is 3. The second-order valence-electron chi connectivity index (χ2n) is 3.61. The minimum atomic E-state index is -0.0589. The fourth-order valence-corrected chi connectivity index (χ4v) is 1.44. The Morgan fingerprint density at radius 3 is 2.44 bits per heavy atom. The van der Waals surface area contributed by atoms with Crippen molar-refractivity contribution in [3.05, 3.63) is 54.2 Å². The Labute approximate surface area is 105 Å². The molecule has 1 aromatic heterocycles. The summed E-state index contributed by atoms with van der Waals surface area (Å²) in [6.45, 7) is 0. The summed E-state index contributed by atoms with van der Waals surface area (Å²) in [6.07, 6.45) is 3.35. The molecule has 2 aromatic rings. The van der Waals surface area contributed by atoms with Gasteiger partial charge in [0, 0.05) is 11.8 Å². The zero-order valence-electron chi connectivity index (χ0n) is 9.69. The van der Waals surface area contributed by atoms with Crippen molar-refractivity contribution in [3.8, 4) is 11.3 Å². The molecule has 1 heterocycles. The number of nitrogens with zero attached hydrogens (tertiary/aromatic N) is 3. The van der Waals surface area contributed by atoms with Crippen LogP contribution in [0, 0.1) is 0 Å². The lowest BCUT2D eigenvalue weighted by molar-refractivity contribution is 1.21. The average molecular weight is 239 g/mol. The normalized spacial score (nSPS) is 10.4. The van der Waals surface area contributed by atoms with E-state index in [4.69, 9.17) is 11.5 Å². The van der Waals surface area contributed by atoms with Crippen molar-refractivity contribution in [2.75, 3.05) is 0 Å². The molecule has 4 N–H and O–H groups in total. The van der Waals surface area contributed by atoms with Crippen LogP contribution in [0.4, 0.5) is 0 Å². The van der Waals surface area contributed by atoms with Crippen molar-refractivity contribution < 1.29 is 0 Å². The maximum absolute atomic E-state index is 5.16. The van der Waals surface area contributed by atoms with Gasteiger partial charge in [-0.2, -0.15) is 5.10 Å². The van der Waals surface area contributed by atoms with Crippen molar-refractivity contribution >= 4 is 12.2 Å². The molecule has 18 heavy (non-hydrogen) atoms. The van der Waals surface area contributed by atoms with E-state index in [2.05, 4.69) is 15.2 Å². The van der Waals surface area contributed by atoms with E-state index in [-0.39, 0.29) is 5.96 Å². The highest BCUT2D eigenvalue weighted by Gasteiger charge is 1.96. The summed E-state index contributed by atoms with van der Waals surface area (Å²) in [5.74, 6) is -0.0589. The minimum Gasteiger partial charge on any atom is -0.369 e. The predicted octanol–water partition coefficient (Wildman–Crippen LogP) is 1.36. The molecule has 1 aromatic carbocycles. The fraction of sp³-hybridized carbons (Fsp3) is 0. The van der Waals surface area contributed by atoms with E-state index in [9.17, 15) is 0 Å². The molecule has 0 spiro atoms. The molecule has 0 aliphatic rings. The van der Waals surface area contributed by atoms with Crippen molar-refractivity contribution in [2.24, 2.45) is 21.7 Å². The number of hydrogen-bond donors (Lipinski definition) is 2. The van der Waals surface area contributed by atoms with Crippen molar-refractivity contribution in [1.29, 1.82) is 0 Å². The number of benzene rings is 1. The van der Waals surface area contributed by atoms with Crippen LogP contribution in [0.25, 0.3) is 11.3 Å². The van der Waals surface area contributed by atoms with Gasteiger partial charge in [-0.05, 0) is 17.7 Å². The zero-order valence-corrected chi connectivity index (χ0v) is 9.69. The highest BCUT2D eigenvalue weighted by atomic mass is 15.3. The van der Waals surface area contributed by atoms with Crippen LogP contribution < -0.4 is 11.5 Å². The van der Waals surface area contributed by atoms with E-state index < -0.39 is 0 Å². The van der Waals surface area contributed by atoms with Gasteiger partial charge >= 0.3 is 0 Å². The van der Waals surface area contributed by atoms with Gasteiger partial charge in [0.25, 0.3) is 0 Å². The zero-order chi connectivity index (χ0) is 12.8. The van der Waals surface area contributed by atoms with E-state index in [1.807, 2.05) is 42.5 Å². The van der Waals surface area contributed by atoms with Gasteiger partial charge in [-0.15, -0.1) is 5.10 Å². The standard InChI is InChI=1S/C13H13N5/c14-13(15)18-17-9-10-4-6-11(7-5-10)12-3-1-2-8-16-12/h1-9H,(H4,14,15,18). The Morgan fingerprint density at radius 1 is 1.06 bits per heavy atom. The maximum Gasteiger partial charge on any atom is 0.211 e. The third-order valence-electron chi connectivity index (χ3n) is 2.25. The topological polar surface area (TPSA) is 89.7 Å². The quantitative estimate of drug-likeness (QED) is 0.481. The Kier molecular flexibility index (Phi) is 3.66. The van der Waals surface area contributed by atoms with Gasteiger partial charge in [-0.3, -0.25) is 4.98 Å². The van der Waals surface area contributed by atoms with E-state index in [1.54, 1.807) is 12.4 Å². The molecule has 0 bridgehead atoms. The second-order valence-corrected chi connectivity index (χ2v) is 3.61. The molecule has 90 valence electrons. The summed E-state index contributed by atoms with van der Waals surface area (Å²) in [7, 11) is 0. The number of nitrogens with two attached hydrogens (primary N) is 2. The molecule has 0 unspecified atom stereocenters. The first-order valence-electron chi connectivity index (χ1n) is 5.39. The maximum atomic E-state index is 5.16. The third kappa shape index (κ3) is 3.15. The van der Waals surface area contributed by atoms with E-state index in [0.717, 1.165) is 16.8 Å². The third-order valence-corrected chi connectivity index (χ3v) is 2.25. The van der Waals surface area contributed by atoms with Crippen LogP contribution in [-0.4, -0.2) is 17.2 Å². The van der Waals surface area contributed by atoms with Gasteiger partial charge in [0.2, 0.25) is 5.96 Å². The number of aromatic nitrogens is 1. The van der Waals surface area contributed by atoms with Crippen molar-refractivity contribution in [2.45, 2.75) is 0 Å². The fourth-order valence-electron chi connectivity index (χ4n) is 1.44. The monoisotopic (exact) mass is 239 g/mol. The molecular formula is C13H13N5. The van der Waals surface area contributed by atoms with Gasteiger partial charge in [0.1, 0.15) is 0 Å². The molecule has 0 radical (unpaired) electrons. The summed E-state index contributed by atoms with van der Waals surface area (Å²) in [4.78, 5) is 4.28. The van der Waals surface area contributed by atoms with Gasteiger partial charge in [0.05, 0.1) is 11.9 Å². The molecule has 0 aliphatic carbocycles. The Bertz CT molecular complexity index is 554. The first kappa shape index (κ1) is 11.8. The first-order chi connectivity index (χ1) is 8.75. The van der Waals surface area contributed by atoms with E-state index in [0.29, 0.717) is 0 Å². The first-order valence-corrected chi connectivity index (χ1v) is 5.39.